The van der Waals surface area contributed by atoms with Gasteiger partial charge in [0.05, 0.1) is 0 Å². The summed E-state index contributed by atoms with van der Waals surface area (Å²) in [6, 6.07) is 0. The molecule has 0 saturated carbocycles. The van der Waals surface area contributed by atoms with Crippen LogP contribution in [0.3, 0.4) is 0 Å². The van der Waals surface area contributed by atoms with Crippen molar-refractivity contribution in [3.8, 4) is 0 Å². The van der Waals surface area contributed by atoms with E-state index in [1.807, 2.05) is 5.18 Å². The third-order valence-corrected chi connectivity index (χ3v) is 0.438. The summed E-state index contributed by atoms with van der Waals surface area (Å²) < 4.78 is 0. The van der Waals surface area contributed by atoms with Gasteiger partial charge in [0.1, 0.15) is 0 Å². The van der Waals surface area contributed by atoms with E-state index in [1.165, 1.54) is 0 Å². The topological polar surface area (TPSA) is 72.7 Å². The molecule has 0 heterocycles. The minimum atomic E-state index is -2.45. The van der Waals surface area contributed by atoms with Crippen molar-refractivity contribution in [2.45, 2.75) is 0 Å². The lowest BCUT2D eigenvalue weighted by Crippen LogP contribution is -1.84. The smallest absolute Gasteiger partial charge is 0.267 e. The van der Waals surface area contributed by atoms with E-state index in [0.29, 0.717) is 5.92 Å². The maximum absolute atomic E-state index is 9.40. The van der Waals surface area contributed by atoms with Crippen LogP contribution in [-0.2, 0) is 0 Å². The summed E-state index contributed by atoms with van der Waals surface area (Å²) in [5, 5.41) is 2.03. The maximum atomic E-state index is 9.40. The van der Waals surface area contributed by atoms with Crippen molar-refractivity contribution in [2.75, 3.05) is 0 Å². The van der Waals surface area contributed by atoms with E-state index >= 15 is 0 Å². The van der Waals surface area contributed by atoms with Crippen LogP contribution in [0.25, 0.3) is 0 Å². The molecule has 0 aromatic rings. The first kappa shape index (κ1) is 5.69. The van der Waals surface area contributed by atoms with Gasteiger partial charge < -0.3 is 4.89 Å². The molecule has 6 heavy (non-hydrogen) atoms. The van der Waals surface area contributed by atoms with Crippen molar-refractivity contribution in [1.82, 2.24) is 0 Å². The van der Waals surface area contributed by atoms with E-state index in [1.54, 1.807) is 0 Å². The van der Waals surface area contributed by atoms with Crippen LogP contribution in [0, 0.1) is 4.91 Å². The van der Waals surface area contributed by atoms with Crippen molar-refractivity contribution in [3.05, 3.63) is 4.91 Å². The molecular weight excluding hydrogens is 105 g/mol. The van der Waals surface area contributed by atoms with E-state index in [0.717, 1.165) is 0 Å². The van der Waals surface area contributed by atoms with Crippen molar-refractivity contribution in [3.63, 3.8) is 0 Å². The molecule has 1 unspecified atom stereocenters. The summed E-state index contributed by atoms with van der Waals surface area (Å²) in [6.07, 6.45) is 0. The normalized spacial score (nSPS) is 11.3. The Balaban J connectivity index is 3.41. The summed E-state index contributed by atoms with van der Waals surface area (Å²) in [7, 11) is -2.45. The molecule has 5 heteroatoms. The summed E-state index contributed by atoms with van der Waals surface area (Å²) >= 11 is 0. The highest BCUT2D eigenvalue weighted by Gasteiger charge is 1.77. The molecule has 0 radical (unpaired) electrons. The molecule has 0 aromatic heterocycles. The Hall–Kier alpha value is -0.310. The Morgan fingerprint density at radius 1 is 2.00 bits per heavy atom. The molecule has 0 bridgehead atoms. The second kappa shape index (κ2) is 2.90. The number of nitroso groups, excluding NO2 is 1. The number of hydrogen-bond acceptors (Lipinski definition) is 3. The van der Waals surface area contributed by atoms with Gasteiger partial charge >= 0.3 is 0 Å². The highest BCUT2D eigenvalue weighted by atomic mass is 31.1. The van der Waals surface area contributed by atoms with Crippen LogP contribution in [0.1, 0.15) is 0 Å². The Kier molecular flexibility index (Phi) is 2.75. The average molecular weight is 107 g/mol. The second-order valence-corrected chi connectivity index (χ2v) is 1.36. The molecule has 0 aliphatic carbocycles. The molecule has 0 saturated heterocycles. The van der Waals surface area contributed by atoms with Crippen LogP contribution in [0.5, 0.6) is 0 Å². The largest absolute Gasteiger partial charge is 0.602 e. The van der Waals surface area contributed by atoms with Crippen molar-refractivity contribution in [2.24, 2.45) is 5.18 Å². The molecular formula is CH2NO3P. The van der Waals surface area contributed by atoms with Gasteiger partial charge in [0.2, 0.25) is 8.00 Å². The average Bonchev–Trinajstić information content (AvgIpc) is 1.35. The summed E-state index contributed by atoms with van der Waals surface area (Å²) in [4.78, 5) is 26.1. The number of rotatable bonds is 1. The molecule has 4 nitrogen and oxygen atoms in total. The lowest BCUT2D eigenvalue weighted by Gasteiger charge is -1.71. The van der Waals surface area contributed by atoms with E-state index in [4.69, 9.17) is 9.80 Å². The molecule has 0 aliphatic heterocycles. The van der Waals surface area contributed by atoms with Gasteiger partial charge in [-0.15, -0.1) is 4.91 Å². The molecule has 0 fully saturated rings. The van der Waals surface area contributed by atoms with Crippen molar-refractivity contribution < 1.29 is 9.79 Å². The van der Waals surface area contributed by atoms with Crippen LogP contribution in [0.15, 0.2) is 5.18 Å². The zero-order chi connectivity index (χ0) is 4.99. The highest BCUT2D eigenvalue weighted by molar-refractivity contribution is 7.43. The van der Waals surface area contributed by atoms with E-state index < -0.39 is 8.00 Å². The number of hydrogen-bond donors (Lipinski definition) is 1. The van der Waals surface area contributed by atoms with Crippen molar-refractivity contribution >= 4 is 13.9 Å². The van der Waals surface area contributed by atoms with Crippen LogP contribution < -0.4 is 4.89 Å². The fourth-order valence-electron chi connectivity index (χ4n) is 0.0403. The van der Waals surface area contributed by atoms with E-state index in [9.17, 15) is 4.89 Å². The fraction of sp³-hybridized carbons (Fsp3) is 0. The van der Waals surface area contributed by atoms with Gasteiger partial charge in [0.25, 0.3) is 5.92 Å². The molecule has 0 aliphatic rings. The molecule has 1 atom stereocenters. The SMILES string of the molecule is O=N/C=[P+](\[O-])O. The predicted molar refractivity (Wildman–Crippen MR) is 21.0 cm³/mol. The standard InChI is InChI=1S/CH2NO3P/c3-2-1-6(4)5/h1H,(H,4,5). The quantitative estimate of drug-likeness (QED) is 0.351. The first-order valence-electron chi connectivity index (χ1n) is 1.08. The first-order valence-corrected chi connectivity index (χ1v) is 2.36. The molecule has 0 rings (SSSR count). The maximum Gasteiger partial charge on any atom is 0.267 e. The lowest BCUT2D eigenvalue weighted by molar-refractivity contribution is -0.167. The van der Waals surface area contributed by atoms with Crippen molar-refractivity contribution in [1.29, 1.82) is 0 Å². The van der Waals surface area contributed by atoms with Gasteiger partial charge in [-0.1, -0.05) is 0 Å². The van der Waals surface area contributed by atoms with Gasteiger partial charge in [-0.25, -0.2) is 0 Å². The van der Waals surface area contributed by atoms with Gasteiger partial charge in [0, 0.05) is 5.18 Å². The first-order chi connectivity index (χ1) is 2.77. The van der Waals surface area contributed by atoms with Crippen LogP contribution in [0.2, 0.25) is 0 Å². The van der Waals surface area contributed by atoms with Gasteiger partial charge in [0.15, 0.2) is 0 Å². The summed E-state index contributed by atoms with van der Waals surface area (Å²) in [6.45, 7) is 0. The highest BCUT2D eigenvalue weighted by Crippen LogP contribution is 1.95. The number of nitrogens with zero attached hydrogens (tertiary/aromatic N) is 1. The van der Waals surface area contributed by atoms with Crippen LogP contribution in [-0.4, -0.2) is 10.8 Å². The Bertz CT molecular complexity index is 74.9. The molecule has 34 valence electrons. The van der Waals surface area contributed by atoms with Crippen LogP contribution in [0.4, 0.5) is 0 Å². The Morgan fingerprint density at radius 2 is 2.50 bits per heavy atom. The van der Waals surface area contributed by atoms with E-state index in [2.05, 4.69) is 0 Å². The predicted octanol–water partition coefficient (Wildman–Crippen LogP) is -0.823. The zero-order valence-corrected chi connectivity index (χ0v) is 3.63. The van der Waals surface area contributed by atoms with Gasteiger partial charge in [-0.2, -0.15) is 4.89 Å². The summed E-state index contributed by atoms with van der Waals surface area (Å²) in [5.74, 6) is 0.426. The zero-order valence-electron chi connectivity index (χ0n) is 2.74. The molecule has 0 amide bonds. The Labute approximate surface area is 35.0 Å². The Morgan fingerprint density at radius 3 is 2.50 bits per heavy atom. The fourth-order valence-corrected chi connectivity index (χ4v) is 0.121. The second-order valence-electron chi connectivity index (χ2n) is 0.523. The minimum absolute atomic E-state index is 0.426. The minimum Gasteiger partial charge on any atom is -0.602 e. The molecule has 0 aromatic carbocycles. The van der Waals surface area contributed by atoms with Gasteiger partial charge in [-0.3, -0.25) is 0 Å². The van der Waals surface area contributed by atoms with Crippen LogP contribution >= 0.6 is 8.00 Å². The monoisotopic (exact) mass is 107 g/mol. The third-order valence-electron chi connectivity index (χ3n) is 0.146. The lowest BCUT2D eigenvalue weighted by atomic mass is 11.6. The molecule has 1 N–H and O–H groups in total. The van der Waals surface area contributed by atoms with E-state index in [-0.39, 0.29) is 0 Å². The third kappa shape index (κ3) is 3.69. The molecule has 0 spiro atoms. The summed E-state index contributed by atoms with van der Waals surface area (Å²) in [5.41, 5.74) is 0. The van der Waals surface area contributed by atoms with Gasteiger partial charge in [-0.05, 0) is 0 Å².